The van der Waals surface area contributed by atoms with Gasteiger partial charge in [-0.05, 0) is 23.0 Å². The maximum absolute atomic E-state index is 11.2. The van der Waals surface area contributed by atoms with Crippen molar-refractivity contribution in [3.8, 4) is 5.75 Å². The number of rotatable bonds is 1. The molecule has 1 rings (SSSR count). The molecule has 1 aromatic carbocycles. The van der Waals surface area contributed by atoms with Crippen molar-refractivity contribution >= 4 is 57.4 Å². The maximum Gasteiger partial charge on any atom is 0.335 e. The monoisotopic (exact) mass is 289 g/mol. The first kappa shape index (κ1) is 19.1. The summed E-state index contributed by atoms with van der Waals surface area (Å²) < 4.78 is 0. The number of aromatic hydroxyl groups is 1. The molecule has 101 valence electrons. The van der Waals surface area contributed by atoms with Crippen LogP contribution in [0, 0.1) is 0 Å². The fourth-order valence-electron chi connectivity index (χ4n) is 1.90. The summed E-state index contributed by atoms with van der Waals surface area (Å²) in [5.74, 6) is -0.758. The van der Waals surface area contributed by atoms with Crippen molar-refractivity contribution in [1.29, 1.82) is 0 Å². The van der Waals surface area contributed by atoms with Gasteiger partial charge >= 0.3 is 5.97 Å². The van der Waals surface area contributed by atoms with Crippen LogP contribution in [0.3, 0.4) is 0 Å². The topological polar surface area (TPSA) is 57.5 Å². The van der Waals surface area contributed by atoms with E-state index in [9.17, 15) is 15.0 Å². The molecule has 0 bridgehead atoms. The van der Waals surface area contributed by atoms with Crippen LogP contribution in [0.1, 0.15) is 63.0 Å². The van der Waals surface area contributed by atoms with Crippen LogP contribution in [0.25, 0.3) is 0 Å². The van der Waals surface area contributed by atoms with Crippen LogP contribution in [0.15, 0.2) is 12.1 Å². The van der Waals surface area contributed by atoms with Crippen molar-refractivity contribution in [3.63, 3.8) is 0 Å². The Hall–Kier alpha value is 0.126. The van der Waals surface area contributed by atoms with Gasteiger partial charge in [0, 0.05) is 62.5 Å². The first-order valence-corrected chi connectivity index (χ1v) is 6.06. The molecule has 0 spiro atoms. The number of carbonyl (C=O) groups is 1. The summed E-state index contributed by atoms with van der Waals surface area (Å²) in [4.78, 5) is 11.2. The minimum atomic E-state index is -0.967. The number of phenols is 1. The average Bonchev–Trinajstić information content (AvgIpc) is 2.13. The molecule has 1 radical (unpaired) electrons. The third-order valence-electron chi connectivity index (χ3n) is 2.97. The second-order valence-electron chi connectivity index (χ2n) is 6.73. The molecule has 0 aliphatic carbocycles. The molecule has 0 atom stereocenters. The van der Waals surface area contributed by atoms with Crippen LogP contribution in [-0.2, 0) is 10.8 Å². The van der Waals surface area contributed by atoms with Gasteiger partial charge in [-0.15, -0.1) is 0 Å². The summed E-state index contributed by atoms with van der Waals surface area (Å²) >= 11 is 0. The van der Waals surface area contributed by atoms with Gasteiger partial charge in [0.05, 0.1) is 5.56 Å². The fourth-order valence-corrected chi connectivity index (χ4v) is 1.90. The van der Waals surface area contributed by atoms with Crippen molar-refractivity contribution in [2.24, 2.45) is 0 Å². The van der Waals surface area contributed by atoms with Crippen molar-refractivity contribution < 1.29 is 15.0 Å². The summed E-state index contributed by atoms with van der Waals surface area (Å²) in [6, 6.07) is 3.12. The molecular formula is C15H22KO3. The minimum Gasteiger partial charge on any atom is -0.507 e. The second kappa shape index (κ2) is 6.27. The Kier molecular flexibility index (Phi) is 6.31. The third kappa shape index (κ3) is 4.57. The van der Waals surface area contributed by atoms with Crippen LogP contribution in [0.5, 0.6) is 5.75 Å². The molecule has 3 nitrogen and oxygen atoms in total. The van der Waals surface area contributed by atoms with Gasteiger partial charge in [-0.3, -0.25) is 0 Å². The Bertz CT molecular complexity index is 444. The van der Waals surface area contributed by atoms with E-state index in [2.05, 4.69) is 0 Å². The zero-order chi connectivity index (χ0) is 14.3. The van der Waals surface area contributed by atoms with E-state index >= 15 is 0 Å². The van der Waals surface area contributed by atoms with Crippen molar-refractivity contribution in [2.45, 2.75) is 52.4 Å². The zero-order valence-electron chi connectivity index (χ0n) is 13.0. The van der Waals surface area contributed by atoms with Gasteiger partial charge in [-0.2, -0.15) is 0 Å². The van der Waals surface area contributed by atoms with Gasteiger partial charge in [-0.25, -0.2) is 4.79 Å². The standard InChI is InChI=1S/C15H22O3.K/c1-14(2,3)10-7-9(13(17)18)8-11(12(10)16)15(4,5)6;/h7-8,16H,1-6H3,(H,17,18);. The zero-order valence-corrected chi connectivity index (χ0v) is 16.1. The molecule has 4 heteroatoms. The summed E-state index contributed by atoms with van der Waals surface area (Å²) in [5, 5.41) is 19.5. The van der Waals surface area contributed by atoms with Gasteiger partial charge in [0.2, 0.25) is 0 Å². The quantitative estimate of drug-likeness (QED) is 0.780. The number of carboxylic acid groups (broad SMARTS) is 1. The molecule has 0 aliphatic heterocycles. The molecule has 0 aromatic heterocycles. The molecule has 0 saturated heterocycles. The molecule has 2 N–H and O–H groups in total. The van der Waals surface area contributed by atoms with Crippen LogP contribution < -0.4 is 0 Å². The van der Waals surface area contributed by atoms with Gasteiger partial charge in [0.15, 0.2) is 0 Å². The summed E-state index contributed by atoms with van der Waals surface area (Å²) in [5.41, 5.74) is 0.979. The predicted molar refractivity (Wildman–Crippen MR) is 78.2 cm³/mol. The van der Waals surface area contributed by atoms with E-state index in [4.69, 9.17) is 0 Å². The minimum absolute atomic E-state index is 0. The number of phenolic OH excluding ortho intramolecular Hbond substituents is 1. The molecule has 0 heterocycles. The summed E-state index contributed by atoms with van der Waals surface area (Å²) in [7, 11) is 0. The average molecular weight is 289 g/mol. The van der Waals surface area contributed by atoms with Gasteiger partial charge in [-0.1, -0.05) is 41.5 Å². The molecule has 0 unspecified atom stereocenters. The van der Waals surface area contributed by atoms with Crippen LogP contribution >= 0.6 is 0 Å². The third-order valence-corrected chi connectivity index (χ3v) is 2.97. The van der Waals surface area contributed by atoms with E-state index in [1.165, 1.54) is 0 Å². The van der Waals surface area contributed by atoms with Crippen LogP contribution in [0.2, 0.25) is 0 Å². The Labute approximate surface area is 157 Å². The molecule has 1 aromatic rings. The Morgan fingerprint density at radius 2 is 1.26 bits per heavy atom. The predicted octanol–water partition coefficient (Wildman–Crippen LogP) is 3.30. The molecule has 0 amide bonds. The van der Waals surface area contributed by atoms with E-state index < -0.39 is 5.97 Å². The molecule has 0 saturated carbocycles. The number of hydrogen-bond acceptors (Lipinski definition) is 2. The first-order valence-electron chi connectivity index (χ1n) is 6.06. The Balaban J connectivity index is 0.00000324. The summed E-state index contributed by atoms with van der Waals surface area (Å²) in [6.07, 6.45) is 0. The Morgan fingerprint density at radius 3 is 1.47 bits per heavy atom. The molecule has 0 fully saturated rings. The van der Waals surface area contributed by atoms with Gasteiger partial charge in [0.25, 0.3) is 0 Å². The normalized spacial score (nSPS) is 11.9. The Morgan fingerprint density at radius 1 is 0.947 bits per heavy atom. The van der Waals surface area contributed by atoms with E-state index in [1.54, 1.807) is 12.1 Å². The fraction of sp³-hybridized carbons (Fsp3) is 0.533. The molecule has 0 aliphatic rings. The number of aromatic carboxylic acids is 1. The van der Waals surface area contributed by atoms with E-state index in [-0.39, 0.29) is 73.5 Å². The van der Waals surface area contributed by atoms with Crippen molar-refractivity contribution in [3.05, 3.63) is 28.8 Å². The van der Waals surface area contributed by atoms with Gasteiger partial charge < -0.3 is 10.2 Å². The summed E-state index contributed by atoms with van der Waals surface area (Å²) in [6.45, 7) is 11.8. The second-order valence-corrected chi connectivity index (χ2v) is 6.73. The van der Waals surface area contributed by atoms with Crippen LogP contribution in [0.4, 0.5) is 0 Å². The van der Waals surface area contributed by atoms with Crippen molar-refractivity contribution in [2.75, 3.05) is 0 Å². The van der Waals surface area contributed by atoms with E-state index in [0.717, 1.165) is 0 Å². The van der Waals surface area contributed by atoms with E-state index in [0.29, 0.717) is 11.1 Å². The number of hydrogen-bond donors (Lipinski definition) is 2. The number of carboxylic acids is 1. The molecular weight excluding hydrogens is 267 g/mol. The SMILES string of the molecule is CC(C)(C)c1cc(C(=O)O)cc(C(C)(C)C)c1O.[K]. The molecule has 19 heavy (non-hydrogen) atoms. The van der Waals surface area contributed by atoms with Crippen LogP contribution in [-0.4, -0.2) is 67.6 Å². The van der Waals surface area contributed by atoms with E-state index in [1.807, 2.05) is 41.5 Å². The smallest absolute Gasteiger partial charge is 0.335 e. The first-order chi connectivity index (χ1) is 7.94. The number of benzene rings is 1. The van der Waals surface area contributed by atoms with Crippen molar-refractivity contribution in [1.82, 2.24) is 0 Å². The largest absolute Gasteiger partial charge is 0.507 e. The maximum atomic E-state index is 11.2. The van der Waals surface area contributed by atoms with Gasteiger partial charge in [0.1, 0.15) is 5.75 Å².